The predicted molar refractivity (Wildman–Crippen MR) is 67.1 cm³/mol. The van der Waals surface area contributed by atoms with Crippen molar-refractivity contribution in [3.05, 3.63) is 0 Å². The van der Waals surface area contributed by atoms with Gasteiger partial charge in [-0.25, -0.2) is 9.59 Å². The van der Waals surface area contributed by atoms with Crippen molar-refractivity contribution >= 4 is 37.0 Å². The maximum absolute atomic E-state index is 9.55. The van der Waals surface area contributed by atoms with Crippen LogP contribution in [0.2, 0.25) is 0 Å². The Morgan fingerprint density at radius 1 is 0.941 bits per heavy atom. The third-order valence-corrected chi connectivity index (χ3v) is 0. The van der Waals surface area contributed by atoms with E-state index in [4.69, 9.17) is 14.7 Å². The summed E-state index contributed by atoms with van der Waals surface area (Å²) in [5.41, 5.74) is 35.2. The summed E-state index contributed by atoms with van der Waals surface area (Å²) in [6, 6.07) is -0.833. The van der Waals surface area contributed by atoms with Crippen LogP contribution in [0, 0.1) is 0 Å². The fraction of sp³-hybridized carbons (Fsp3) is 0. The van der Waals surface area contributed by atoms with Crippen LogP contribution in [-0.4, -0.2) is 22.3 Å². The second-order valence-electron chi connectivity index (χ2n) is 1.91. The lowest BCUT2D eigenvalue weighted by Gasteiger charge is -1.88. The highest BCUT2D eigenvalue weighted by molar-refractivity contribution is 7.80. The number of carbonyl (C=O) groups is 2. The average molecular weight is 292 g/mol. The predicted octanol–water partition coefficient (Wildman–Crippen LogP) is -3.19. The first-order valence-corrected chi connectivity index (χ1v) is 5.56. The van der Waals surface area contributed by atoms with Crippen LogP contribution in [0.4, 0.5) is 9.59 Å². The zero-order valence-electron chi connectivity index (χ0n) is 8.65. The van der Waals surface area contributed by atoms with Gasteiger partial charge in [0, 0.05) is 0 Å². The minimum Gasteiger partial charge on any atom is -0.465 e. The lowest BCUT2D eigenvalue weighted by Crippen LogP contribution is -2.18. The Hall–Kier alpha value is -1.66. The number of urea groups is 1. The topological polar surface area (TPSA) is 280 Å². The molecule has 0 aliphatic rings. The average Bonchev–Trinajstić information content (AvgIpc) is 1.73. The fourth-order valence-electron chi connectivity index (χ4n) is 0. The van der Waals surface area contributed by atoms with Crippen molar-refractivity contribution in [3.8, 4) is 0 Å². The summed E-state index contributed by atoms with van der Waals surface area (Å²) in [5, 5.41) is 7.19. The Balaban J connectivity index is -0.0000000667. The highest BCUT2D eigenvalue weighted by Crippen LogP contribution is 2.06. The summed E-state index contributed by atoms with van der Waals surface area (Å²) in [6.07, 6.45) is -1.33. The van der Waals surface area contributed by atoms with Gasteiger partial charge in [-0.3, -0.25) is 21.1 Å². The molecule has 0 aromatic heterocycles. The third kappa shape index (κ3) is 792. The molecule has 0 saturated carbocycles. The number of nitrogens with two attached hydrogens (primary N) is 8. The number of carbonyl (C=O) groups excluding carboxylic acids is 1. The summed E-state index contributed by atoms with van der Waals surface area (Å²) in [6.45, 7) is 0. The van der Waals surface area contributed by atoms with E-state index in [1.165, 1.54) is 0 Å². The van der Waals surface area contributed by atoms with Crippen molar-refractivity contribution in [2.45, 2.75) is 0 Å². The number of carboxylic acid groups (broad SMARTS) is 1. The molecule has 14 heteroatoms. The van der Waals surface area contributed by atoms with E-state index in [1.54, 1.807) is 0 Å². The van der Waals surface area contributed by atoms with Crippen molar-refractivity contribution in [3.63, 3.8) is 0 Å². The molecule has 0 radical (unpaired) electrons. The molecule has 0 saturated heterocycles. The van der Waals surface area contributed by atoms with E-state index in [0.29, 0.717) is 0 Å². The van der Waals surface area contributed by atoms with E-state index in [2.05, 4.69) is 57.4 Å². The van der Waals surface area contributed by atoms with E-state index in [-0.39, 0.29) is 5.11 Å². The van der Waals surface area contributed by atoms with E-state index in [1.807, 2.05) is 0 Å². The molecule has 0 atom stereocenters. The molecule has 17 heavy (non-hydrogen) atoms. The maximum Gasteiger partial charge on any atom is 0.402 e. The first-order valence-electron chi connectivity index (χ1n) is 3.24. The van der Waals surface area contributed by atoms with Gasteiger partial charge in [0.05, 0.1) is 0 Å². The highest BCUT2D eigenvalue weighted by Gasteiger charge is 1.90. The van der Waals surface area contributed by atoms with Crippen LogP contribution < -0.4 is 45.2 Å². The zero-order valence-corrected chi connectivity index (χ0v) is 10.4. The number of hydrogen-bond acceptors (Lipinski definition) is 4. The molecule has 0 heterocycles. The standard InChI is InChI=1S/CH4N2O.CH4N2S.CH3NO2.H6N3OP/c3*2-1(3)4;1-5(2,3)4/h2*(H4,2,3,4);2H2,(H,3,4);(H6,1,2,3,4). The second kappa shape index (κ2) is 14.3. The smallest absolute Gasteiger partial charge is 0.402 e. The number of hydrogen-bond donors (Lipinski definition) is 9. The number of primary amides is 3. The van der Waals surface area contributed by atoms with Crippen molar-refractivity contribution in [1.82, 2.24) is 0 Å². The van der Waals surface area contributed by atoms with Gasteiger partial charge in [0.1, 0.15) is 0 Å². The van der Waals surface area contributed by atoms with Gasteiger partial charge in [-0.1, -0.05) is 0 Å². The van der Waals surface area contributed by atoms with Crippen LogP contribution in [0.25, 0.3) is 0 Å². The van der Waals surface area contributed by atoms with Gasteiger partial charge in [-0.2, -0.15) is 0 Å². The minimum absolute atomic E-state index is 0.000000000000000222. The monoisotopic (exact) mass is 292 g/mol. The molecule has 104 valence electrons. The summed E-state index contributed by atoms with van der Waals surface area (Å²) >= 11 is 4.09. The van der Waals surface area contributed by atoms with Crippen LogP contribution >= 0.6 is 19.8 Å². The molecular weight excluding hydrogens is 275 g/mol. The molecule has 0 bridgehead atoms. The first-order chi connectivity index (χ1) is 7.20. The van der Waals surface area contributed by atoms with Crippen LogP contribution in [0.3, 0.4) is 0 Å². The largest absolute Gasteiger partial charge is 0.465 e. The van der Waals surface area contributed by atoms with Gasteiger partial charge in [0.2, 0.25) is 0 Å². The van der Waals surface area contributed by atoms with Gasteiger partial charge in [0.15, 0.2) is 5.11 Å². The number of amides is 3. The summed E-state index contributed by atoms with van der Waals surface area (Å²) < 4.78 is 9.55. The fourth-order valence-corrected chi connectivity index (χ4v) is 0. The van der Waals surface area contributed by atoms with Gasteiger partial charge in [-0.05, 0) is 12.2 Å². The summed E-state index contributed by atoms with van der Waals surface area (Å²) in [7, 11) is -3.14. The van der Waals surface area contributed by atoms with Gasteiger partial charge >= 0.3 is 12.1 Å². The van der Waals surface area contributed by atoms with Crippen molar-refractivity contribution in [2.75, 3.05) is 0 Å². The van der Waals surface area contributed by atoms with Crippen molar-refractivity contribution in [1.29, 1.82) is 0 Å². The summed E-state index contributed by atoms with van der Waals surface area (Å²) in [4.78, 5) is 17.8. The van der Waals surface area contributed by atoms with E-state index >= 15 is 0 Å². The Bertz CT molecular complexity index is 229. The van der Waals surface area contributed by atoms with Crippen LogP contribution in [0.5, 0.6) is 0 Å². The third-order valence-electron chi connectivity index (χ3n) is 0. The quantitative estimate of drug-likeness (QED) is 0.159. The Kier molecular flexibility index (Phi) is 20.7. The van der Waals surface area contributed by atoms with E-state index in [0.717, 1.165) is 0 Å². The molecular formula is C3H17N8O4PS. The summed E-state index contributed by atoms with van der Waals surface area (Å²) in [5.74, 6) is 0. The lowest BCUT2D eigenvalue weighted by atomic mass is 11.2. The molecule has 0 aliphatic heterocycles. The van der Waals surface area contributed by atoms with Gasteiger partial charge < -0.3 is 33.8 Å². The first kappa shape index (κ1) is 24.5. The molecule has 3 amide bonds. The van der Waals surface area contributed by atoms with Crippen molar-refractivity contribution in [2.24, 2.45) is 45.2 Å². The molecule has 0 spiro atoms. The molecule has 0 aliphatic carbocycles. The molecule has 12 nitrogen and oxygen atoms in total. The molecule has 0 rings (SSSR count). The number of rotatable bonds is 0. The molecule has 0 fully saturated rings. The molecule has 17 N–H and O–H groups in total. The normalized spacial score (nSPS) is 7.71. The molecule has 0 aromatic rings. The van der Waals surface area contributed by atoms with Crippen LogP contribution in [-0.2, 0) is 4.57 Å². The van der Waals surface area contributed by atoms with Crippen LogP contribution in [0.1, 0.15) is 0 Å². The molecule has 0 aromatic carbocycles. The Morgan fingerprint density at radius 3 is 0.941 bits per heavy atom. The van der Waals surface area contributed by atoms with E-state index in [9.17, 15) is 4.57 Å². The SMILES string of the molecule is NC(=O)O.NC(N)=O.NC(N)=S.NP(N)(N)=O. The van der Waals surface area contributed by atoms with Gasteiger partial charge in [0.25, 0.3) is 7.59 Å². The van der Waals surface area contributed by atoms with Crippen LogP contribution in [0.15, 0.2) is 0 Å². The van der Waals surface area contributed by atoms with Gasteiger partial charge in [-0.15, -0.1) is 0 Å². The Labute approximate surface area is 102 Å². The van der Waals surface area contributed by atoms with E-state index < -0.39 is 19.7 Å². The molecule has 0 unspecified atom stereocenters. The zero-order chi connectivity index (χ0) is 15.2. The number of thiocarbonyl (C=S) groups is 1. The highest BCUT2D eigenvalue weighted by atomic mass is 32.1. The maximum atomic E-state index is 9.55. The minimum atomic E-state index is -3.14. The van der Waals surface area contributed by atoms with Crippen molar-refractivity contribution < 1.29 is 19.3 Å². The second-order valence-corrected chi connectivity index (χ2v) is 3.90. The Morgan fingerprint density at radius 2 is 0.941 bits per heavy atom. The lowest BCUT2D eigenvalue weighted by molar-refractivity contribution is 0.205.